The lowest BCUT2D eigenvalue weighted by molar-refractivity contribution is -0.125. The maximum absolute atomic E-state index is 9.91. The number of hydrogen-bond donors (Lipinski definition) is 1. The molecule has 2 unspecified atom stereocenters. The number of aliphatic hydroxyl groups excluding tert-OH is 1. The standard InChI is InChI=1S/C15H13NO2/c16-11-14(12-7-3-1-4-8-12)18-15(17)13-9-5-2-6-10-13/h1-10,14-15,17H. The number of hydrogen-bond acceptors (Lipinski definition) is 3. The van der Waals surface area contributed by atoms with Crippen LogP contribution >= 0.6 is 0 Å². The largest absolute Gasteiger partial charge is 0.364 e. The van der Waals surface area contributed by atoms with Crippen LogP contribution in [0, 0.1) is 11.3 Å². The predicted molar refractivity (Wildman–Crippen MR) is 67.3 cm³/mol. The number of aliphatic hydroxyl groups is 1. The lowest BCUT2D eigenvalue weighted by Gasteiger charge is -2.16. The van der Waals surface area contributed by atoms with Gasteiger partial charge in [-0.3, -0.25) is 0 Å². The first kappa shape index (κ1) is 12.3. The van der Waals surface area contributed by atoms with E-state index >= 15 is 0 Å². The van der Waals surface area contributed by atoms with Crippen LogP contribution in [-0.2, 0) is 4.74 Å². The summed E-state index contributed by atoms with van der Waals surface area (Å²) in [4.78, 5) is 0. The molecule has 0 saturated heterocycles. The molecule has 0 radical (unpaired) electrons. The molecule has 90 valence electrons. The highest BCUT2D eigenvalue weighted by atomic mass is 16.6. The van der Waals surface area contributed by atoms with E-state index in [4.69, 9.17) is 10.00 Å². The summed E-state index contributed by atoms with van der Waals surface area (Å²) < 4.78 is 5.37. The summed E-state index contributed by atoms with van der Waals surface area (Å²) in [5.41, 5.74) is 1.36. The Balaban J connectivity index is 2.11. The van der Waals surface area contributed by atoms with Crippen LogP contribution in [0.3, 0.4) is 0 Å². The summed E-state index contributed by atoms with van der Waals surface area (Å²) in [6.07, 6.45) is -1.88. The van der Waals surface area contributed by atoms with Crippen molar-refractivity contribution >= 4 is 0 Å². The van der Waals surface area contributed by atoms with Gasteiger partial charge in [0.1, 0.15) is 0 Å². The highest BCUT2D eigenvalue weighted by Gasteiger charge is 2.16. The zero-order valence-electron chi connectivity index (χ0n) is 9.73. The average Bonchev–Trinajstić information content (AvgIpc) is 2.46. The van der Waals surface area contributed by atoms with E-state index in [0.29, 0.717) is 5.56 Å². The Morgan fingerprint density at radius 2 is 1.39 bits per heavy atom. The summed E-state index contributed by atoms with van der Waals surface area (Å²) in [6.45, 7) is 0. The third-order valence-electron chi connectivity index (χ3n) is 2.57. The molecular formula is C15H13NO2. The van der Waals surface area contributed by atoms with E-state index < -0.39 is 12.4 Å². The van der Waals surface area contributed by atoms with Gasteiger partial charge in [0.15, 0.2) is 12.4 Å². The van der Waals surface area contributed by atoms with Gasteiger partial charge in [-0.1, -0.05) is 60.7 Å². The second-order valence-electron chi connectivity index (χ2n) is 3.82. The summed E-state index contributed by atoms with van der Waals surface area (Å²) in [5.74, 6) is 0. The fourth-order valence-electron chi connectivity index (χ4n) is 1.64. The van der Waals surface area contributed by atoms with E-state index in [2.05, 4.69) is 0 Å². The lowest BCUT2D eigenvalue weighted by atomic mass is 10.1. The number of rotatable bonds is 4. The number of nitrogens with zero attached hydrogens (tertiary/aromatic N) is 1. The molecule has 0 saturated carbocycles. The average molecular weight is 239 g/mol. The van der Waals surface area contributed by atoms with Crippen LogP contribution in [0.5, 0.6) is 0 Å². The molecule has 0 fully saturated rings. The number of nitriles is 1. The molecule has 3 heteroatoms. The first-order valence-corrected chi connectivity index (χ1v) is 5.64. The Morgan fingerprint density at radius 1 is 0.889 bits per heavy atom. The molecule has 2 aromatic rings. The molecule has 0 aliphatic rings. The minimum Gasteiger partial charge on any atom is -0.364 e. The van der Waals surface area contributed by atoms with Crippen molar-refractivity contribution < 1.29 is 9.84 Å². The molecule has 0 bridgehead atoms. The second-order valence-corrected chi connectivity index (χ2v) is 3.82. The second kappa shape index (κ2) is 5.97. The molecule has 0 aromatic heterocycles. The van der Waals surface area contributed by atoms with Crippen molar-refractivity contribution in [3.05, 3.63) is 71.8 Å². The molecule has 2 aromatic carbocycles. The van der Waals surface area contributed by atoms with Gasteiger partial charge in [0.2, 0.25) is 0 Å². The topological polar surface area (TPSA) is 53.2 Å². The van der Waals surface area contributed by atoms with E-state index in [1.807, 2.05) is 42.5 Å². The molecule has 18 heavy (non-hydrogen) atoms. The summed E-state index contributed by atoms with van der Waals surface area (Å²) >= 11 is 0. The number of benzene rings is 2. The van der Waals surface area contributed by atoms with Crippen molar-refractivity contribution in [3.63, 3.8) is 0 Å². The Morgan fingerprint density at radius 3 is 1.89 bits per heavy atom. The molecule has 2 rings (SSSR count). The first-order chi connectivity index (χ1) is 8.81. The maximum atomic E-state index is 9.91. The lowest BCUT2D eigenvalue weighted by Crippen LogP contribution is -2.08. The van der Waals surface area contributed by atoms with Gasteiger partial charge in [-0.25, -0.2) is 0 Å². The molecular weight excluding hydrogens is 226 g/mol. The molecule has 0 aliphatic carbocycles. The van der Waals surface area contributed by atoms with Gasteiger partial charge < -0.3 is 9.84 Å². The molecule has 3 nitrogen and oxygen atoms in total. The van der Waals surface area contributed by atoms with E-state index in [-0.39, 0.29) is 0 Å². The van der Waals surface area contributed by atoms with Crippen molar-refractivity contribution in [3.8, 4) is 6.07 Å². The van der Waals surface area contributed by atoms with Gasteiger partial charge in [0, 0.05) is 5.56 Å². The minimum absolute atomic E-state index is 0.633. The Bertz CT molecular complexity index is 519. The maximum Gasteiger partial charge on any atom is 0.183 e. The molecule has 0 amide bonds. The molecule has 1 N–H and O–H groups in total. The van der Waals surface area contributed by atoms with Crippen molar-refractivity contribution in [1.29, 1.82) is 5.26 Å². The van der Waals surface area contributed by atoms with Crippen molar-refractivity contribution in [2.75, 3.05) is 0 Å². The first-order valence-electron chi connectivity index (χ1n) is 5.64. The molecule has 0 aliphatic heterocycles. The summed E-state index contributed by atoms with van der Waals surface area (Å²) in [7, 11) is 0. The Kier molecular flexibility index (Phi) is 4.08. The minimum atomic E-state index is -1.10. The highest BCUT2D eigenvalue weighted by molar-refractivity contribution is 5.23. The van der Waals surface area contributed by atoms with E-state index in [1.165, 1.54) is 0 Å². The highest BCUT2D eigenvalue weighted by Crippen LogP contribution is 2.24. The fourth-order valence-corrected chi connectivity index (χ4v) is 1.64. The van der Waals surface area contributed by atoms with Gasteiger partial charge in [0.25, 0.3) is 0 Å². The van der Waals surface area contributed by atoms with Crippen molar-refractivity contribution in [1.82, 2.24) is 0 Å². The van der Waals surface area contributed by atoms with E-state index in [1.54, 1.807) is 24.3 Å². The van der Waals surface area contributed by atoms with Gasteiger partial charge in [-0.2, -0.15) is 5.26 Å². The Labute approximate surface area is 106 Å². The number of ether oxygens (including phenoxy) is 1. The van der Waals surface area contributed by atoms with Crippen LogP contribution in [0.1, 0.15) is 23.5 Å². The molecule has 0 heterocycles. The SMILES string of the molecule is N#CC(OC(O)c1ccccc1)c1ccccc1. The van der Waals surface area contributed by atoms with Gasteiger partial charge in [0.05, 0.1) is 6.07 Å². The molecule has 0 spiro atoms. The van der Waals surface area contributed by atoms with Gasteiger partial charge in [-0.15, -0.1) is 0 Å². The van der Waals surface area contributed by atoms with E-state index in [9.17, 15) is 5.11 Å². The van der Waals surface area contributed by atoms with Gasteiger partial charge in [-0.05, 0) is 5.56 Å². The smallest absolute Gasteiger partial charge is 0.183 e. The van der Waals surface area contributed by atoms with Crippen LogP contribution in [0.2, 0.25) is 0 Å². The third-order valence-corrected chi connectivity index (χ3v) is 2.57. The van der Waals surface area contributed by atoms with Crippen molar-refractivity contribution in [2.24, 2.45) is 0 Å². The fraction of sp³-hybridized carbons (Fsp3) is 0.133. The molecule has 2 atom stereocenters. The predicted octanol–water partition coefficient (Wildman–Crippen LogP) is 2.96. The van der Waals surface area contributed by atoms with Crippen LogP contribution < -0.4 is 0 Å². The quantitative estimate of drug-likeness (QED) is 0.834. The summed E-state index contributed by atoms with van der Waals surface area (Å²) in [6, 6.07) is 20.1. The zero-order valence-corrected chi connectivity index (χ0v) is 9.73. The van der Waals surface area contributed by atoms with Crippen LogP contribution in [0.15, 0.2) is 60.7 Å². The van der Waals surface area contributed by atoms with Crippen LogP contribution in [0.4, 0.5) is 0 Å². The summed E-state index contributed by atoms with van der Waals surface area (Å²) in [5, 5.41) is 19.0. The van der Waals surface area contributed by atoms with E-state index in [0.717, 1.165) is 5.56 Å². The normalized spacial score (nSPS) is 13.6. The van der Waals surface area contributed by atoms with Crippen LogP contribution in [0.25, 0.3) is 0 Å². The zero-order chi connectivity index (χ0) is 12.8. The van der Waals surface area contributed by atoms with Crippen LogP contribution in [-0.4, -0.2) is 5.11 Å². The Hall–Kier alpha value is -2.15. The third kappa shape index (κ3) is 2.95. The monoisotopic (exact) mass is 239 g/mol. The van der Waals surface area contributed by atoms with Gasteiger partial charge >= 0.3 is 0 Å². The van der Waals surface area contributed by atoms with Crippen molar-refractivity contribution in [2.45, 2.75) is 12.4 Å².